The molecule has 0 spiro atoms. The zero-order chi connectivity index (χ0) is 23.8. The Morgan fingerprint density at radius 3 is 2.71 bits per heavy atom. The van der Waals surface area contributed by atoms with Crippen LogP contribution in [0.2, 0.25) is 5.02 Å². The van der Waals surface area contributed by atoms with Crippen LogP contribution >= 0.6 is 22.9 Å². The first-order chi connectivity index (χ1) is 16.4. The number of hydrogen-bond acceptors (Lipinski definition) is 6. The van der Waals surface area contributed by atoms with Crippen molar-refractivity contribution in [3.63, 3.8) is 0 Å². The van der Waals surface area contributed by atoms with Gasteiger partial charge < -0.3 is 14.7 Å². The summed E-state index contributed by atoms with van der Waals surface area (Å²) in [4.78, 5) is 21.3. The molecule has 182 valence electrons. The molecule has 8 heteroatoms. The molecule has 0 aliphatic carbocycles. The van der Waals surface area contributed by atoms with Crippen LogP contribution in [0.4, 0.5) is 0 Å². The molecular weight excluding hydrogens is 470 g/mol. The minimum atomic E-state index is -0.299. The lowest BCUT2D eigenvalue weighted by molar-refractivity contribution is 0.0662. The standard InChI is InChI=1S/C26H32ClN3O3S/c1-3-4-19(31)8-9-21-14-23-25(34-21)26(32)30(15-28-23)18-7-10-24(22(27)13-18)33-20-11-16-5-6-17(12-20)29(16)2/h7,10,13-17,19-20,31H,3-6,8-9,11-12H2,1-2H3/t16-,17+,19?,20?. The van der Waals surface area contributed by atoms with Crippen LogP contribution in [0.15, 0.2) is 35.4 Å². The Labute approximate surface area is 209 Å². The zero-order valence-corrected chi connectivity index (χ0v) is 21.3. The van der Waals surface area contributed by atoms with Crippen molar-refractivity contribution in [3.8, 4) is 11.4 Å². The van der Waals surface area contributed by atoms with E-state index in [0.717, 1.165) is 37.0 Å². The molecule has 2 saturated heterocycles. The number of thiophene rings is 1. The highest BCUT2D eigenvalue weighted by Gasteiger charge is 2.39. The van der Waals surface area contributed by atoms with E-state index in [1.807, 2.05) is 18.2 Å². The van der Waals surface area contributed by atoms with Crippen molar-refractivity contribution in [2.24, 2.45) is 0 Å². The van der Waals surface area contributed by atoms with Gasteiger partial charge in [-0.05, 0) is 76.3 Å². The van der Waals surface area contributed by atoms with E-state index in [4.69, 9.17) is 16.3 Å². The van der Waals surface area contributed by atoms with E-state index in [1.54, 1.807) is 17.0 Å². The maximum Gasteiger partial charge on any atom is 0.275 e. The van der Waals surface area contributed by atoms with Gasteiger partial charge in [-0.15, -0.1) is 11.3 Å². The summed E-state index contributed by atoms with van der Waals surface area (Å²) in [5, 5.41) is 10.5. The molecule has 2 aromatic heterocycles. The third-order valence-corrected chi connectivity index (χ3v) is 8.84. The van der Waals surface area contributed by atoms with Gasteiger partial charge in [-0.2, -0.15) is 0 Å². The second-order valence-corrected chi connectivity index (χ2v) is 11.2. The van der Waals surface area contributed by atoms with E-state index in [2.05, 4.69) is 23.9 Å². The van der Waals surface area contributed by atoms with Gasteiger partial charge in [-0.3, -0.25) is 9.36 Å². The van der Waals surface area contributed by atoms with Gasteiger partial charge in [0.2, 0.25) is 0 Å². The number of nitrogens with zero attached hydrogens (tertiary/aromatic N) is 3. The summed E-state index contributed by atoms with van der Waals surface area (Å²) in [6, 6.07) is 8.68. The molecule has 1 aromatic carbocycles. The Bertz CT molecular complexity index is 1210. The van der Waals surface area contributed by atoms with E-state index in [0.29, 0.717) is 45.2 Å². The number of aliphatic hydroxyl groups is 1. The van der Waals surface area contributed by atoms with E-state index in [1.165, 1.54) is 24.2 Å². The molecule has 4 atom stereocenters. The highest BCUT2D eigenvalue weighted by molar-refractivity contribution is 7.18. The fourth-order valence-electron chi connectivity index (χ4n) is 5.43. The summed E-state index contributed by atoms with van der Waals surface area (Å²) in [5.74, 6) is 0.672. The first-order valence-corrected chi connectivity index (χ1v) is 13.5. The molecule has 6 nitrogen and oxygen atoms in total. The molecule has 2 aliphatic heterocycles. The van der Waals surface area contributed by atoms with Gasteiger partial charge in [0.25, 0.3) is 5.56 Å². The summed E-state index contributed by atoms with van der Waals surface area (Å²) >= 11 is 8.06. The molecule has 3 aromatic rings. The summed E-state index contributed by atoms with van der Waals surface area (Å²) in [7, 11) is 2.22. The quantitative estimate of drug-likeness (QED) is 0.459. The number of piperidine rings is 1. The Kier molecular flexibility index (Phi) is 6.98. The maximum absolute atomic E-state index is 13.2. The highest BCUT2D eigenvalue weighted by Crippen LogP contribution is 2.37. The van der Waals surface area contributed by atoms with Gasteiger partial charge >= 0.3 is 0 Å². The van der Waals surface area contributed by atoms with Crippen LogP contribution in [-0.4, -0.2) is 50.9 Å². The number of aromatic nitrogens is 2. The van der Waals surface area contributed by atoms with Crippen LogP contribution in [0.3, 0.4) is 0 Å². The molecule has 0 saturated carbocycles. The minimum absolute atomic E-state index is 0.105. The topological polar surface area (TPSA) is 67.6 Å². The molecule has 34 heavy (non-hydrogen) atoms. The summed E-state index contributed by atoms with van der Waals surface area (Å²) in [6.45, 7) is 2.07. The third-order valence-electron chi connectivity index (χ3n) is 7.38. The van der Waals surface area contributed by atoms with Crippen molar-refractivity contribution < 1.29 is 9.84 Å². The summed E-state index contributed by atoms with van der Waals surface area (Å²) in [5.41, 5.74) is 1.27. The van der Waals surface area contributed by atoms with E-state index >= 15 is 0 Å². The van der Waals surface area contributed by atoms with Crippen molar-refractivity contribution in [1.82, 2.24) is 14.5 Å². The fraction of sp³-hybridized carbons (Fsp3) is 0.538. The third kappa shape index (κ3) is 4.76. The Hall–Kier alpha value is -1.93. The lowest BCUT2D eigenvalue weighted by Gasteiger charge is -2.36. The number of aryl methyl sites for hydroxylation is 1. The molecule has 5 rings (SSSR count). The van der Waals surface area contributed by atoms with E-state index < -0.39 is 0 Å². The Balaban J connectivity index is 1.32. The number of rotatable bonds is 8. The van der Waals surface area contributed by atoms with Crippen LogP contribution in [0.5, 0.6) is 5.75 Å². The number of hydrogen-bond donors (Lipinski definition) is 1. The van der Waals surface area contributed by atoms with E-state index in [-0.39, 0.29) is 17.8 Å². The molecule has 0 radical (unpaired) electrons. The number of benzene rings is 1. The predicted octanol–water partition coefficient (Wildman–Crippen LogP) is 5.20. The van der Waals surface area contributed by atoms with Crippen LogP contribution in [0.1, 0.15) is 56.7 Å². The van der Waals surface area contributed by atoms with E-state index in [9.17, 15) is 9.90 Å². The average Bonchev–Trinajstić information content (AvgIpc) is 3.31. The van der Waals surface area contributed by atoms with Crippen LogP contribution in [0, 0.1) is 0 Å². The number of aliphatic hydroxyl groups excluding tert-OH is 1. The van der Waals surface area contributed by atoms with Crippen molar-refractivity contribution in [2.45, 2.75) is 82.6 Å². The molecule has 2 fully saturated rings. The monoisotopic (exact) mass is 501 g/mol. The van der Waals surface area contributed by atoms with Crippen LogP contribution < -0.4 is 10.3 Å². The first kappa shape index (κ1) is 23.8. The van der Waals surface area contributed by atoms with Gasteiger partial charge in [0.15, 0.2) is 0 Å². The molecule has 0 amide bonds. The second kappa shape index (κ2) is 9.97. The largest absolute Gasteiger partial charge is 0.489 e. The lowest BCUT2D eigenvalue weighted by atomic mass is 10.0. The van der Waals surface area contributed by atoms with Crippen molar-refractivity contribution >= 4 is 33.2 Å². The molecule has 1 N–H and O–H groups in total. The average molecular weight is 502 g/mol. The maximum atomic E-state index is 13.2. The Morgan fingerprint density at radius 2 is 2.00 bits per heavy atom. The van der Waals surface area contributed by atoms with Gasteiger partial charge in [-0.1, -0.05) is 24.9 Å². The van der Waals surface area contributed by atoms with Crippen molar-refractivity contribution in [3.05, 3.63) is 50.8 Å². The number of halogens is 1. The molecule has 2 bridgehead atoms. The molecule has 2 aliphatic rings. The molecule has 4 heterocycles. The second-order valence-electron chi connectivity index (χ2n) is 9.70. The van der Waals surface area contributed by atoms with Crippen molar-refractivity contribution in [1.29, 1.82) is 0 Å². The minimum Gasteiger partial charge on any atom is -0.489 e. The molecular formula is C26H32ClN3O3S. The lowest BCUT2D eigenvalue weighted by Crippen LogP contribution is -2.43. The predicted molar refractivity (Wildman–Crippen MR) is 138 cm³/mol. The van der Waals surface area contributed by atoms with Crippen LogP contribution in [0.25, 0.3) is 15.9 Å². The van der Waals surface area contributed by atoms with Gasteiger partial charge in [-0.25, -0.2) is 4.98 Å². The molecule has 2 unspecified atom stereocenters. The summed E-state index contributed by atoms with van der Waals surface area (Å²) in [6.07, 6.45) is 9.21. The zero-order valence-electron chi connectivity index (χ0n) is 19.7. The number of fused-ring (bicyclic) bond motifs is 3. The van der Waals surface area contributed by atoms with Gasteiger partial charge in [0.1, 0.15) is 22.9 Å². The number of ether oxygens (including phenoxy) is 1. The first-order valence-electron chi connectivity index (χ1n) is 12.3. The Morgan fingerprint density at radius 1 is 1.24 bits per heavy atom. The summed E-state index contributed by atoms with van der Waals surface area (Å²) < 4.78 is 8.46. The van der Waals surface area contributed by atoms with Gasteiger partial charge in [0.05, 0.1) is 22.3 Å². The normalized spacial score (nSPS) is 23.5. The van der Waals surface area contributed by atoms with Crippen LogP contribution in [-0.2, 0) is 6.42 Å². The SMILES string of the molecule is CCCC(O)CCc1cc2ncn(-c3ccc(OC4C[C@H]5CC[C@@H](C4)N5C)c(Cl)c3)c(=O)c2s1. The van der Waals surface area contributed by atoms with Crippen molar-refractivity contribution in [2.75, 3.05) is 7.05 Å². The highest BCUT2D eigenvalue weighted by atomic mass is 35.5. The smallest absolute Gasteiger partial charge is 0.275 e. The van der Waals surface area contributed by atoms with Gasteiger partial charge in [0, 0.05) is 17.0 Å². The fourth-order valence-corrected chi connectivity index (χ4v) is 6.70.